The smallest absolute Gasteiger partial charge is 0.236 e. The Morgan fingerprint density at radius 3 is 2.39 bits per heavy atom. The van der Waals surface area contributed by atoms with Crippen LogP contribution < -0.4 is 5.32 Å². The van der Waals surface area contributed by atoms with Gasteiger partial charge in [-0.1, -0.05) is 13.8 Å². The minimum absolute atomic E-state index is 0.273. The number of piperazine rings is 1. The normalized spacial score (nSPS) is 25.1. The molecule has 0 radical (unpaired) electrons. The first-order valence-corrected chi connectivity index (χ1v) is 7.41. The second-order valence-corrected chi connectivity index (χ2v) is 5.07. The van der Waals surface area contributed by atoms with Gasteiger partial charge in [-0.25, -0.2) is 0 Å². The van der Waals surface area contributed by atoms with Crippen molar-refractivity contribution in [3.63, 3.8) is 0 Å². The largest absolute Gasteiger partial charge is 0.342 e. The predicted molar refractivity (Wildman–Crippen MR) is 75.7 cm³/mol. The highest BCUT2D eigenvalue weighted by molar-refractivity contribution is 5.78. The third-order valence-corrected chi connectivity index (χ3v) is 4.03. The van der Waals surface area contributed by atoms with Crippen molar-refractivity contribution >= 4 is 5.91 Å². The molecule has 0 saturated carbocycles. The van der Waals surface area contributed by atoms with Gasteiger partial charge in [-0.15, -0.1) is 0 Å². The number of likely N-dealkylation sites (N-methyl/N-ethyl adjacent to an activating group) is 1. The molecular formula is C14H29N3O. The fourth-order valence-corrected chi connectivity index (χ4v) is 2.65. The molecule has 1 aliphatic rings. The number of amides is 1. The van der Waals surface area contributed by atoms with Crippen molar-refractivity contribution in [1.82, 2.24) is 15.1 Å². The molecule has 0 bridgehead atoms. The van der Waals surface area contributed by atoms with Gasteiger partial charge < -0.3 is 10.2 Å². The van der Waals surface area contributed by atoms with Crippen molar-refractivity contribution in [3.05, 3.63) is 0 Å². The Morgan fingerprint density at radius 1 is 1.22 bits per heavy atom. The van der Waals surface area contributed by atoms with Gasteiger partial charge in [-0.3, -0.25) is 9.69 Å². The van der Waals surface area contributed by atoms with Crippen LogP contribution in [0, 0.1) is 0 Å². The summed E-state index contributed by atoms with van der Waals surface area (Å²) in [6.07, 6.45) is 2.24. The summed E-state index contributed by atoms with van der Waals surface area (Å²) >= 11 is 0. The van der Waals surface area contributed by atoms with Crippen LogP contribution in [0.5, 0.6) is 0 Å². The van der Waals surface area contributed by atoms with Crippen LogP contribution in [-0.2, 0) is 4.79 Å². The molecule has 0 aliphatic carbocycles. The SMILES string of the molecule is CCC1CN(CC(=O)N(CC)CC)C(CC)CN1. The van der Waals surface area contributed by atoms with Crippen molar-refractivity contribution in [1.29, 1.82) is 0 Å². The monoisotopic (exact) mass is 255 g/mol. The molecule has 18 heavy (non-hydrogen) atoms. The minimum atomic E-state index is 0.273. The number of hydrogen-bond donors (Lipinski definition) is 1. The van der Waals surface area contributed by atoms with E-state index in [1.54, 1.807) is 0 Å². The summed E-state index contributed by atoms with van der Waals surface area (Å²) in [6.45, 7) is 12.7. The highest BCUT2D eigenvalue weighted by Gasteiger charge is 2.28. The van der Waals surface area contributed by atoms with E-state index in [9.17, 15) is 4.79 Å². The summed E-state index contributed by atoms with van der Waals surface area (Å²) < 4.78 is 0. The Morgan fingerprint density at radius 2 is 1.89 bits per heavy atom. The van der Waals surface area contributed by atoms with Crippen molar-refractivity contribution < 1.29 is 4.79 Å². The molecule has 0 aromatic rings. The van der Waals surface area contributed by atoms with E-state index in [1.807, 2.05) is 18.7 Å². The van der Waals surface area contributed by atoms with E-state index in [1.165, 1.54) is 0 Å². The highest BCUT2D eigenvalue weighted by Crippen LogP contribution is 2.12. The molecule has 1 aliphatic heterocycles. The molecule has 1 heterocycles. The van der Waals surface area contributed by atoms with Crippen LogP contribution in [-0.4, -0.2) is 60.5 Å². The summed E-state index contributed by atoms with van der Waals surface area (Å²) in [6, 6.07) is 1.05. The second kappa shape index (κ2) is 7.74. The molecule has 106 valence electrons. The number of carbonyl (C=O) groups excluding carboxylic acids is 1. The standard InChI is InChI=1S/C14H29N3O/c1-5-12-10-17(13(6-2)9-15-12)11-14(18)16(7-3)8-4/h12-13,15H,5-11H2,1-4H3. The van der Waals surface area contributed by atoms with E-state index in [2.05, 4.69) is 24.1 Å². The number of rotatable bonds is 6. The maximum absolute atomic E-state index is 12.2. The Kier molecular flexibility index (Phi) is 6.65. The van der Waals surface area contributed by atoms with Crippen molar-refractivity contribution in [2.24, 2.45) is 0 Å². The van der Waals surface area contributed by atoms with E-state index in [0.29, 0.717) is 18.6 Å². The molecule has 1 rings (SSSR count). The average Bonchev–Trinajstić information content (AvgIpc) is 2.40. The molecule has 0 spiro atoms. The van der Waals surface area contributed by atoms with Gasteiger partial charge in [0.05, 0.1) is 6.54 Å². The zero-order valence-corrected chi connectivity index (χ0v) is 12.4. The fourth-order valence-electron chi connectivity index (χ4n) is 2.65. The second-order valence-electron chi connectivity index (χ2n) is 5.07. The maximum Gasteiger partial charge on any atom is 0.236 e. The Labute approximate surface area is 112 Å². The van der Waals surface area contributed by atoms with Crippen LogP contribution >= 0.6 is 0 Å². The number of carbonyl (C=O) groups is 1. The van der Waals surface area contributed by atoms with E-state index in [0.717, 1.165) is 39.0 Å². The van der Waals surface area contributed by atoms with E-state index in [4.69, 9.17) is 0 Å². The average molecular weight is 255 g/mol. The van der Waals surface area contributed by atoms with Gasteiger partial charge in [0.25, 0.3) is 0 Å². The zero-order valence-electron chi connectivity index (χ0n) is 12.4. The molecule has 1 amide bonds. The first kappa shape index (κ1) is 15.4. The van der Waals surface area contributed by atoms with Gasteiger partial charge in [-0.2, -0.15) is 0 Å². The molecule has 1 fully saturated rings. The first-order valence-electron chi connectivity index (χ1n) is 7.41. The number of nitrogens with zero attached hydrogens (tertiary/aromatic N) is 2. The van der Waals surface area contributed by atoms with E-state index < -0.39 is 0 Å². The van der Waals surface area contributed by atoms with Gasteiger partial charge in [0.2, 0.25) is 5.91 Å². The molecular weight excluding hydrogens is 226 g/mol. The molecule has 0 aromatic heterocycles. The molecule has 2 atom stereocenters. The van der Waals surface area contributed by atoms with Crippen LogP contribution in [0.15, 0.2) is 0 Å². The molecule has 1 N–H and O–H groups in total. The lowest BCUT2D eigenvalue weighted by atomic mass is 10.1. The third-order valence-electron chi connectivity index (χ3n) is 4.03. The number of nitrogens with one attached hydrogen (secondary N) is 1. The third kappa shape index (κ3) is 3.95. The summed E-state index contributed by atoms with van der Waals surface area (Å²) in [7, 11) is 0. The van der Waals surface area contributed by atoms with Gasteiger partial charge in [0.15, 0.2) is 0 Å². The Hall–Kier alpha value is -0.610. The van der Waals surface area contributed by atoms with Crippen LogP contribution in [0.2, 0.25) is 0 Å². The fraction of sp³-hybridized carbons (Fsp3) is 0.929. The lowest BCUT2D eigenvalue weighted by molar-refractivity contribution is -0.133. The Bertz CT molecular complexity index is 253. The van der Waals surface area contributed by atoms with Gasteiger partial charge in [0, 0.05) is 38.3 Å². The predicted octanol–water partition coefficient (Wildman–Crippen LogP) is 1.32. The molecule has 0 aromatic carbocycles. The summed E-state index contributed by atoms with van der Waals surface area (Å²) in [4.78, 5) is 16.5. The maximum atomic E-state index is 12.2. The van der Waals surface area contributed by atoms with Crippen LogP contribution in [0.25, 0.3) is 0 Å². The topological polar surface area (TPSA) is 35.6 Å². The Balaban J connectivity index is 2.57. The molecule has 1 saturated heterocycles. The summed E-state index contributed by atoms with van der Waals surface area (Å²) in [5, 5.41) is 3.56. The van der Waals surface area contributed by atoms with Gasteiger partial charge in [0.1, 0.15) is 0 Å². The first-order chi connectivity index (χ1) is 8.65. The summed E-state index contributed by atoms with van der Waals surface area (Å²) in [5.41, 5.74) is 0. The van der Waals surface area contributed by atoms with Gasteiger partial charge >= 0.3 is 0 Å². The van der Waals surface area contributed by atoms with Crippen LogP contribution in [0.4, 0.5) is 0 Å². The van der Waals surface area contributed by atoms with E-state index in [-0.39, 0.29) is 5.91 Å². The van der Waals surface area contributed by atoms with Gasteiger partial charge in [-0.05, 0) is 26.7 Å². The molecule has 4 heteroatoms. The van der Waals surface area contributed by atoms with Crippen LogP contribution in [0.3, 0.4) is 0 Å². The quantitative estimate of drug-likeness (QED) is 0.777. The zero-order chi connectivity index (χ0) is 13.5. The van der Waals surface area contributed by atoms with Crippen molar-refractivity contribution in [2.75, 3.05) is 32.7 Å². The molecule has 4 nitrogen and oxygen atoms in total. The minimum Gasteiger partial charge on any atom is -0.342 e. The van der Waals surface area contributed by atoms with Crippen molar-refractivity contribution in [3.8, 4) is 0 Å². The number of hydrogen-bond acceptors (Lipinski definition) is 3. The lowest BCUT2D eigenvalue weighted by Crippen LogP contribution is -2.58. The van der Waals surface area contributed by atoms with Crippen LogP contribution in [0.1, 0.15) is 40.5 Å². The highest BCUT2D eigenvalue weighted by atomic mass is 16.2. The molecule has 2 unspecified atom stereocenters. The lowest BCUT2D eigenvalue weighted by Gasteiger charge is -2.40. The summed E-state index contributed by atoms with van der Waals surface area (Å²) in [5.74, 6) is 0.273. The van der Waals surface area contributed by atoms with Crippen molar-refractivity contribution in [2.45, 2.75) is 52.6 Å². The van der Waals surface area contributed by atoms with E-state index >= 15 is 0 Å².